The van der Waals surface area contributed by atoms with Crippen molar-refractivity contribution in [3.8, 4) is 0 Å². The SMILES string of the molecule is CCN(CC)c1ncc(CNc2cc(C)ccc2C)s1. The van der Waals surface area contributed by atoms with Crippen molar-refractivity contribution in [2.24, 2.45) is 0 Å². The normalized spacial score (nSPS) is 10.6. The summed E-state index contributed by atoms with van der Waals surface area (Å²) in [6.07, 6.45) is 1.98. The molecule has 1 heterocycles. The van der Waals surface area contributed by atoms with Crippen LogP contribution < -0.4 is 10.2 Å². The number of hydrogen-bond donors (Lipinski definition) is 1. The molecule has 3 nitrogen and oxygen atoms in total. The first kappa shape index (κ1) is 14.9. The Labute approximate surface area is 125 Å². The van der Waals surface area contributed by atoms with Crippen LogP contribution in [-0.2, 0) is 6.54 Å². The number of hydrogen-bond acceptors (Lipinski definition) is 4. The maximum Gasteiger partial charge on any atom is 0.185 e. The van der Waals surface area contributed by atoms with Gasteiger partial charge in [-0.25, -0.2) is 4.98 Å². The van der Waals surface area contributed by atoms with E-state index in [1.54, 1.807) is 11.3 Å². The molecule has 0 saturated carbocycles. The molecule has 108 valence electrons. The van der Waals surface area contributed by atoms with E-state index in [2.05, 4.69) is 61.1 Å². The molecule has 0 fully saturated rings. The number of rotatable bonds is 6. The van der Waals surface area contributed by atoms with Crippen LogP contribution in [0.1, 0.15) is 29.9 Å². The Bertz CT molecular complexity index is 559. The number of aryl methyl sites for hydroxylation is 2. The van der Waals surface area contributed by atoms with Crippen LogP contribution in [0, 0.1) is 13.8 Å². The van der Waals surface area contributed by atoms with Crippen LogP contribution in [0.4, 0.5) is 10.8 Å². The monoisotopic (exact) mass is 289 g/mol. The predicted molar refractivity (Wildman–Crippen MR) is 88.9 cm³/mol. The first-order chi connectivity index (χ1) is 9.63. The third kappa shape index (κ3) is 3.51. The average molecular weight is 289 g/mol. The summed E-state index contributed by atoms with van der Waals surface area (Å²) in [7, 11) is 0. The van der Waals surface area contributed by atoms with E-state index < -0.39 is 0 Å². The number of thiazole rings is 1. The molecule has 0 aliphatic heterocycles. The minimum atomic E-state index is 0.837. The maximum absolute atomic E-state index is 4.51. The van der Waals surface area contributed by atoms with Gasteiger partial charge < -0.3 is 10.2 Å². The second kappa shape index (κ2) is 6.75. The molecule has 2 rings (SSSR count). The van der Waals surface area contributed by atoms with E-state index in [1.807, 2.05) is 6.20 Å². The van der Waals surface area contributed by atoms with Crippen molar-refractivity contribution >= 4 is 22.2 Å². The van der Waals surface area contributed by atoms with Crippen LogP contribution in [0.15, 0.2) is 24.4 Å². The highest BCUT2D eigenvalue weighted by Gasteiger charge is 2.08. The number of nitrogens with zero attached hydrogens (tertiary/aromatic N) is 2. The van der Waals surface area contributed by atoms with Crippen molar-refractivity contribution in [3.63, 3.8) is 0 Å². The van der Waals surface area contributed by atoms with Crippen molar-refractivity contribution in [1.29, 1.82) is 0 Å². The van der Waals surface area contributed by atoms with E-state index in [4.69, 9.17) is 0 Å². The van der Waals surface area contributed by atoms with Crippen LogP contribution in [-0.4, -0.2) is 18.1 Å². The molecule has 0 radical (unpaired) electrons. The van der Waals surface area contributed by atoms with Crippen LogP contribution >= 0.6 is 11.3 Å². The molecule has 0 amide bonds. The molecule has 2 aromatic rings. The highest BCUT2D eigenvalue weighted by molar-refractivity contribution is 7.15. The summed E-state index contributed by atoms with van der Waals surface area (Å²) in [5, 5.41) is 4.63. The Morgan fingerprint density at radius 2 is 1.95 bits per heavy atom. The van der Waals surface area contributed by atoms with Gasteiger partial charge in [0.15, 0.2) is 5.13 Å². The summed E-state index contributed by atoms with van der Waals surface area (Å²) in [5.74, 6) is 0. The van der Waals surface area contributed by atoms with E-state index >= 15 is 0 Å². The highest BCUT2D eigenvalue weighted by Crippen LogP contribution is 2.24. The van der Waals surface area contributed by atoms with Gasteiger partial charge in [0.2, 0.25) is 0 Å². The topological polar surface area (TPSA) is 28.2 Å². The quantitative estimate of drug-likeness (QED) is 0.863. The number of benzene rings is 1. The molecule has 0 bridgehead atoms. The Kier molecular flexibility index (Phi) is 5.01. The Balaban J connectivity index is 2.02. The van der Waals surface area contributed by atoms with Gasteiger partial charge in [0, 0.05) is 29.9 Å². The van der Waals surface area contributed by atoms with Gasteiger partial charge in [-0.05, 0) is 44.9 Å². The molecule has 0 aliphatic carbocycles. The summed E-state index contributed by atoms with van der Waals surface area (Å²) in [4.78, 5) is 8.07. The molecular formula is C16H23N3S. The fraction of sp³-hybridized carbons (Fsp3) is 0.438. The van der Waals surface area contributed by atoms with Gasteiger partial charge in [-0.1, -0.05) is 12.1 Å². The number of aromatic nitrogens is 1. The van der Waals surface area contributed by atoms with Gasteiger partial charge >= 0.3 is 0 Å². The molecule has 1 N–H and O–H groups in total. The fourth-order valence-corrected chi connectivity index (χ4v) is 3.10. The van der Waals surface area contributed by atoms with E-state index in [0.717, 1.165) is 24.8 Å². The molecule has 20 heavy (non-hydrogen) atoms. The van der Waals surface area contributed by atoms with E-state index in [-0.39, 0.29) is 0 Å². The standard InChI is InChI=1S/C16H23N3S/c1-5-19(6-2)16-18-11-14(20-16)10-17-15-9-12(3)7-8-13(15)4/h7-9,11,17H,5-6,10H2,1-4H3. The Hall–Kier alpha value is -1.55. The molecule has 0 aliphatic rings. The van der Waals surface area contributed by atoms with Crippen molar-refractivity contribution in [3.05, 3.63) is 40.4 Å². The van der Waals surface area contributed by atoms with Crippen LogP contribution in [0.3, 0.4) is 0 Å². The molecule has 1 aromatic carbocycles. The maximum atomic E-state index is 4.51. The van der Waals surface area contributed by atoms with Crippen LogP contribution in [0.2, 0.25) is 0 Å². The molecule has 1 aromatic heterocycles. The first-order valence-electron chi connectivity index (χ1n) is 7.14. The summed E-state index contributed by atoms with van der Waals surface area (Å²) in [6, 6.07) is 6.50. The van der Waals surface area contributed by atoms with E-state index in [0.29, 0.717) is 0 Å². The molecule has 4 heteroatoms. The summed E-state index contributed by atoms with van der Waals surface area (Å²) in [5.41, 5.74) is 3.78. The third-order valence-corrected chi connectivity index (χ3v) is 4.48. The second-order valence-corrected chi connectivity index (χ2v) is 6.05. The van der Waals surface area contributed by atoms with Gasteiger partial charge in [-0.3, -0.25) is 0 Å². The highest BCUT2D eigenvalue weighted by atomic mass is 32.1. The minimum absolute atomic E-state index is 0.837. The van der Waals surface area contributed by atoms with Crippen LogP contribution in [0.25, 0.3) is 0 Å². The van der Waals surface area contributed by atoms with Gasteiger partial charge in [0.05, 0.1) is 6.54 Å². The second-order valence-electron chi connectivity index (χ2n) is 4.95. The fourth-order valence-electron chi connectivity index (χ4n) is 2.13. The first-order valence-corrected chi connectivity index (χ1v) is 7.96. The van der Waals surface area contributed by atoms with Gasteiger partial charge in [-0.15, -0.1) is 11.3 Å². The molecular weight excluding hydrogens is 266 g/mol. The molecule has 0 spiro atoms. The van der Waals surface area contributed by atoms with E-state index in [9.17, 15) is 0 Å². The smallest absolute Gasteiger partial charge is 0.185 e. The molecule has 0 saturated heterocycles. The summed E-state index contributed by atoms with van der Waals surface area (Å²) in [6.45, 7) is 11.4. The van der Waals surface area contributed by atoms with Crippen molar-refractivity contribution in [2.45, 2.75) is 34.2 Å². The Morgan fingerprint density at radius 1 is 1.20 bits per heavy atom. The van der Waals surface area contributed by atoms with Gasteiger partial charge in [0.25, 0.3) is 0 Å². The zero-order valence-corrected chi connectivity index (χ0v) is 13.5. The zero-order chi connectivity index (χ0) is 14.5. The largest absolute Gasteiger partial charge is 0.380 e. The number of anilines is 2. The van der Waals surface area contributed by atoms with Crippen molar-refractivity contribution in [2.75, 3.05) is 23.3 Å². The lowest BCUT2D eigenvalue weighted by molar-refractivity contribution is 0.860. The molecule has 0 unspecified atom stereocenters. The zero-order valence-electron chi connectivity index (χ0n) is 12.7. The third-order valence-electron chi connectivity index (χ3n) is 3.42. The lowest BCUT2D eigenvalue weighted by Crippen LogP contribution is -2.21. The van der Waals surface area contributed by atoms with Crippen LogP contribution in [0.5, 0.6) is 0 Å². The Morgan fingerprint density at radius 3 is 2.65 bits per heavy atom. The number of nitrogens with one attached hydrogen (secondary N) is 1. The van der Waals surface area contributed by atoms with Gasteiger partial charge in [-0.2, -0.15) is 0 Å². The lowest BCUT2D eigenvalue weighted by atomic mass is 10.1. The minimum Gasteiger partial charge on any atom is -0.380 e. The summed E-state index contributed by atoms with van der Waals surface area (Å²) < 4.78 is 0. The van der Waals surface area contributed by atoms with E-state index in [1.165, 1.54) is 21.7 Å². The van der Waals surface area contributed by atoms with Crippen molar-refractivity contribution in [1.82, 2.24) is 4.98 Å². The average Bonchev–Trinajstić information content (AvgIpc) is 2.90. The summed E-state index contributed by atoms with van der Waals surface area (Å²) >= 11 is 1.77. The predicted octanol–water partition coefficient (Wildman–Crippen LogP) is 4.22. The van der Waals surface area contributed by atoms with Crippen molar-refractivity contribution < 1.29 is 0 Å². The van der Waals surface area contributed by atoms with Gasteiger partial charge in [0.1, 0.15) is 0 Å². The lowest BCUT2D eigenvalue weighted by Gasteiger charge is -2.16. The molecule has 0 atom stereocenters.